The minimum Gasteiger partial charge on any atom is -0.493 e. The van der Waals surface area contributed by atoms with E-state index in [-0.39, 0.29) is 5.56 Å². The third kappa shape index (κ3) is 2.71. The molecule has 0 saturated carbocycles. The van der Waals surface area contributed by atoms with Gasteiger partial charge < -0.3 is 9.47 Å². The molecule has 0 saturated heterocycles. The summed E-state index contributed by atoms with van der Waals surface area (Å²) in [6, 6.07) is 3.68. The van der Waals surface area contributed by atoms with Crippen LogP contribution in [-0.4, -0.2) is 33.6 Å². The zero-order chi connectivity index (χ0) is 17.4. The molecule has 0 unspecified atom stereocenters. The van der Waals surface area contributed by atoms with Crippen LogP contribution in [0, 0.1) is 0 Å². The number of rotatable bonds is 4. The highest BCUT2D eigenvalue weighted by Gasteiger charge is 2.16. The van der Waals surface area contributed by atoms with Crippen molar-refractivity contribution in [3.63, 3.8) is 0 Å². The Hall–Kier alpha value is -1.87. The summed E-state index contributed by atoms with van der Waals surface area (Å²) in [6.07, 6.45) is 1.52. The third-order valence-electron chi connectivity index (χ3n) is 3.67. The maximum atomic E-state index is 12.7. The first-order valence-electron chi connectivity index (χ1n) is 6.95. The SMILES string of the molecule is COc1ccc(Cn2cnc3c(c(Br)nn3C)c2=O)c(Br)c1OC. The van der Waals surface area contributed by atoms with Gasteiger partial charge in [0.1, 0.15) is 16.3 Å². The average molecular weight is 458 g/mol. The minimum absolute atomic E-state index is 0.165. The molecule has 0 aliphatic carbocycles. The van der Waals surface area contributed by atoms with Crippen LogP contribution in [0.3, 0.4) is 0 Å². The van der Waals surface area contributed by atoms with Crippen molar-refractivity contribution >= 4 is 42.9 Å². The Morgan fingerprint density at radius 3 is 2.62 bits per heavy atom. The summed E-state index contributed by atoms with van der Waals surface area (Å²) >= 11 is 6.83. The normalized spacial score (nSPS) is 11.0. The van der Waals surface area contributed by atoms with Gasteiger partial charge in [-0.1, -0.05) is 6.07 Å². The van der Waals surface area contributed by atoms with Crippen LogP contribution in [0.1, 0.15) is 5.56 Å². The van der Waals surface area contributed by atoms with E-state index >= 15 is 0 Å². The molecule has 0 aliphatic rings. The van der Waals surface area contributed by atoms with Crippen LogP contribution in [-0.2, 0) is 13.6 Å². The second-order valence-electron chi connectivity index (χ2n) is 5.06. The number of benzene rings is 1. The van der Waals surface area contributed by atoms with Crippen molar-refractivity contribution in [3.05, 3.63) is 43.5 Å². The fraction of sp³-hybridized carbons (Fsp3) is 0.267. The lowest BCUT2D eigenvalue weighted by Crippen LogP contribution is -2.21. The fourth-order valence-electron chi connectivity index (χ4n) is 2.48. The minimum atomic E-state index is -0.165. The molecule has 0 N–H and O–H groups in total. The van der Waals surface area contributed by atoms with Crippen molar-refractivity contribution in [2.24, 2.45) is 7.05 Å². The molecule has 0 bridgehead atoms. The van der Waals surface area contributed by atoms with Crippen LogP contribution in [0.15, 0.2) is 32.3 Å². The summed E-state index contributed by atoms with van der Waals surface area (Å²) in [5.74, 6) is 1.20. The van der Waals surface area contributed by atoms with Gasteiger partial charge in [0.2, 0.25) is 0 Å². The molecular weight excluding hydrogens is 444 g/mol. The van der Waals surface area contributed by atoms with Gasteiger partial charge >= 0.3 is 0 Å². The number of aryl methyl sites for hydroxylation is 1. The van der Waals surface area contributed by atoms with E-state index in [4.69, 9.17) is 9.47 Å². The van der Waals surface area contributed by atoms with Crippen molar-refractivity contribution < 1.29 is 9.47 Å². The molecule has 2 heterocycles. The number of ether oxygens (including phenoxy) is 2. The molecule has 0 aliphatic heterocycles. The standard InChI is InChI=1S/C15H14Br2N4O3/c1-20-14-10(13(17)19-20)15(22)21(7-18-14)6-8-4-5-9(23-2)12(24-3)11(8)16/h4-5,7H,6H2,1-3H3. The first-order valence-corrected chi connectivity index (χ1v) is 8.53. The highest BCUT2D eigenvalue weighted by atomic mass is 79.9. The first kappa shape index (κ1) is 17.0. The first-order chi connectivity index (χ1) is 11.5. The molecule has 7 nitrogen and oxygen atoms in total. The second kappa shape index (κ2) is 6.56. The van der Waals surface area contributed by atoms with Gasteiger partial charge in [-0.3, -0.25) is 9.36 Å². The number of halogens is 2. The Morgan fingerprint density at radius 2 is 1.96 bits per heavy atom. The summed E-state index contributed by atoms with van der Waals surface area (Å²) in [4.78, 5) is 17.1. The summed E-state index contributed by atoms with van der Waals surface area (Å²) in [6.45, 7) is 0.337. The van der Waals surface area contributed by atoms with Crippen molar-refractivity contribution in [1.82, 2.24) is 19.3 Å². The zero-order valence-corrected chi connectivity index (χ0v) is 16.4. The van der Waals surface area contributed by atoms with E-state index in [1.807, 2.05) is 6.07 Å². The van der Waals surface area contributed by atoms with Crippen LogP contribution < -0.4 is 15.0 Å². The molecule has 3 aromatic rings. The smallest absolute Gasteiger partial charge is 0.265 e. The molecule has 0 spiro atoms. The maximum Gasteiger partial charge on any atom is 0.265 e. The Bertz CT molecular complexity index is 981. The van der Waals surface area contributed by atoms with Gasteiger partial charge in [0, 0.05) is 7.05 Å². The molecule has 0 radical (unpaired) electrons. The van der Waals surface area contributed by atoms with E-state index in [0.29, 0.717) is 33.7 Å². The number of hydrogen-bond acceptors (Lipinski definition) is 5. The topological polar surface area (TPSA) is 71.2 Å². The van der Waals surface area contributed by atoms with Gasteiger partial charge in [-0.15, -0.1) is 0 Å². The van der Waals surface area contributed by atoms with E-state index < -0.39 is 0 Å². The molecular formula is C15H14Br2N4O3. The molecule has 126 valence electrons. The van der Waals surface area contributed by atoms with E-state index in [1.54, 1.807) is 32.0 Å². The molecule has 2 aromatic heterocycles. The Labute approximate surface area is 154 Å². The van der Waals surface area contributed by atoms with Crippen molar-refractivity contribution in [2.45, 2.75) is 6.54 Å². The monoisotopic (exact) mass is 456 g/mol. The van der Waals surface area contributed by atoms with E-state index in [9.17, 15) is 4.79 Å². The molecule has 0 fully saturated rings. The Morgan fingerprint density at radius 1 is 1.21 bits per heavy atom. The summed E-state index contributed by atoms with van der Waals surface area (Å²) in [5, 5.41) is 4.63. The predicted octanol–water partition coefficient (Wildman–Crippen LogP) is 2.72. The van der Waals surface area contributed by atoms with Crippen LogP contribution >= 0.6 is 31.9 Å². The maximum absolute atomic E-state index is 12.7. The summed E-state index contributed by atoms with van der Waals surface area (Å²) in [7, 11) is 4.89. The van der Waals surface area contributed by atoms with Gasteiger partial charge in [0.15, 0.2) is 17.1 Å². The van der Waals surface area contributed by atoms with Crippen LogP contribution in [0.4, 0.5) is 0 Å². The highest BCUT2D eigenvalue weighted by molar-refractivity contribution is 9.11. The molecule has 9 heteroatoms. The van der Waals surface area contributed by atoms with E-state index in [2.05, 4.69) is 41.9 Å². The highest BCUT2D eigenvalue weighted by Crippen LogP contribution is 2.37. The average Bonchev–Trinajstić information content (AvgIpc) is 2.86. The number of hydrogen-bond donors (Lipinski definition) is 0. The molecule has 0 atom stereocenters. The molecule has 0 amide bonds. The quantitative estimate of drug-likeness (QED) is 0.602. The van der Waals surface area contributed by atoms with E-state index in [1.165, 1.54) is 10.9 Å². The van der Waals surface area contributed by atoms with Crippen LogP contribution in [0.25, 0.3) is 11.0 Å². The van der Waals surface area contributed by atoms with Gasteiger partial charge in [0.05, 0.1) is 25.2 Å². The lowest BCUT2D eigenvalue weighted by Gasteiger charge is -2.14. The van der Waals surface area contributed by atoms with Gasteiger partial charge in [-0.2, -0.15) is 5.10 Å². The van der Waals surface area contributed by atoms with Crippen molar-refractivity contribution in [1.29, 1.82) is 0 Å². The summed E-state index contributed by atoms with van der Waals surface area (Å²) in [5.41, 5.74) is 1.24. The van der Waals surface area contributed by atoms with Crippen LogP contribution in [0.2, 0.25) is 0 Å². The van der Waals surface area contributed by atoms with E-state index in [0.717, 1.165) is 10.0 Å². The summed E-state index contributed by atoms with van der Waals surface area (Å²) < 4.78 is 15.0. The molecule has 24 heavy (non-hydrogen) atoms. The Kier molecular flexibility index (Phi) is 4.64. The second-order valence-corrected chi connectivity index (χ2v) is 6.61. The predicted molar refractivity (Wildman–Crippen MR) is 96.8 cm³/mol. The number of nitrogens with zero attached hydrogens (tertiary/aromatic N) is 4. The lowest BCUT2D eigenvalue weighted by atomic mass is 10.2. The molecule has 1 aromatic carbocycles. The Balaban J connectivity index is 2.09. The third-order valence-corrected chi connectivity index (χ3v) is 5.10. The van der Waals surface area contributed by atoms with Gasteiger partial charge in [-0.25, -0.2) is 9.67 Å². The lowest BCUT2D eigenvalue weighted by molar-refractivity contribution is 0.352. The zero-order valence-electron chi connectivity index (χ0n) is 13.2. The number of fused-ring (bicyclic) bond motifs is 1. The number of aromatic nitrogens is 4. The molecule has 3 rings (SSSR count). The van der Waals surface area contributed by atoms with Crippen molar-refractivity contribution in [3.8, 4) is 11.5 Å². The van der Waals surface area contributed by atoms with Gasteiger partial charge in [0.25, 0.3) is 5.56 Å². The fourth-order valence-corrected chi connectivity index (χ4v) is 3.68. The number of methoxy groups -OCH3 is 2. The largest absolute Gasteiger partial charge is 0.493 e. The van der Waals surface area contributed by atoms with Gasteiger partial charge in [-0.05, 0) is 43.5 Å². The van der Waals surface area contributed by atoms with Crippen molar-refractivity contribution in [2.75, 3.05) is 14.2 Å². The van der Waals surface area contributed by atoms with Crippen LogP contribution in [0.5, 0.6) is 11.5 Å².